The third-order valence-electron chi connectivity index (χ3n) is 6.28. The Morgan fingerprint density at radius 1 is 0.951 bits per heavy atom. The first kappa shape index (κ1) is 28.2. The molecule has 0 saturated heterocycles. The number of benzene rings is 1. The maximum atomic E-state index is 13.7. The van der Waals surface area contributed by atoms with Crippen molar-refractivity contribution in [3.8, 4) is 11.3 Å². The minimum absolute atomic E-state index is 0.0168. The monoisotopic (exact) mass is 571 g/mol. The van der Waals surface area contributed by atoms with E-state index in [9.17, 15) is 26.3 Å². The molecule has 1 aliphatic rings. The van der Waals surface area contributed by atoms with Crippen LogP contribution in [0, 0.1) is 5.92 Å². The molecule has 0 radical (unpaired) electrons. The Bertz CT molecular complexity index is 1610. The van der Waals surface area contributed by atoms with Crippen molar-refractivity contribution in [1.82, 2.24) is 19.9 Å². The second-order valence-corrected chi connectivity index (χ2v) is 9.52. The van der Waals surface area contributed by atoms with Crippen LogP contribution < -0.4 is 5.32 Å². The number of allylic oxidation sites excluding steroid dienone is 2. The molecule has 0 saturated carbocycles. The highest BCUT2D eigenvalue weighted by Gasteiger charge is 2.34. The van der Waals surface area contributed by atoms with E-state index in [-0.39, 0.29) is 35.2 Å². The summed E-state index contributed by atoms with van der Waals surface area (Å²) in [6.07, 6.45) is 0.159. The van der Waals surface area contributed by atoms with E-state index in [0.717, 1.165) is 30.3 Å². The Balaban J connectivity index is 1.51. The number of halogens is 6. The molecule has 3 aromatic heterocycles. The van der Waals surface area contributed by atoms with Gasteiger partial charge in [-0.15, -0.1) is 0 Å². The molecule has 41 heavy (non-hydrogen) atoms. The van der Waals surface area contributed by atoms with Gasteiger partial charge >= 0.3 is 12.4 Å². The normalized spacial score (nSPS) is 15.7. The van der Waals surface area contributed by atoms with Gasteiger partial charge in [-0.3, -0.25) is 4.98 Å². The first-order valence-corrected chi connectivity index (χ1v) is 12.6. The predicted molar refractivity (Wildman–Crippen MR) is 141 cm³/mol. The van der Waals surface area contributed by atoms with Gasteiger partial charge in [0.05, 0.1) is 35.3 Å². The zero-order valence-corrected chi connectivity index (χ0v) is 21.6. The first-order chi connectivity index (χ1) is 19.5. The van der Waals surface area contributed by atoms with Gasteiger partial charge in [-0.2, -0.15) is 26.3 Å². The second kappa shape index (κ2) is 11.3. The molecule has 1 N–H and O–H groups in total. The van der Waals surface area contributed by atoms with Gasteiger partial charge in [0.1, 0.15) is 18.1 Å². The Labute approximate surface area is 230 Å². The number of nitrogens with zero attached hydrogens (tertiary/aromatic N) is 4. The van der Waals surface area contributed by atoms with Gasteiger partial charge in [-0.25, -0.2) is 15.0 Å². The van der Waals surface area contributed by atoms with E-state index in [1.165, 1.54) is 36.5 Å². The predicted octanol–water partition coefficient (Wildman–Crippen LogP) is 7.91. The number of pyridine rings is 2. The Morgan fingerprint density at radius 2 is 1.78 bits per heavy atom. The number of nitrogens with one attached hydrogen (secondary N) is 1. The van der Waals surface area contributed by atoms with E-state index in [1.54, 1.807) is 0 Å². The Morgan fingerprint density at radius 3 is 2.49 bits per heavy atom. The number of aromatic nitrogens is 4. The molecule has 3 heterocycles. The van der Waals surface area contributed by atoms with E-state index in [4.69, 9.17) is 4.74 Å². The maximum absolute atomic E-state index is 13.7. The maximum Gasteiger partial charge on any atom is 0.433 e. The number of hydrogen-bond donors (Lipinski definition) is 1. The molecular weight excluding hydrogens is 548 g/mol. The fraction of sp³-hybridized carbons (Fsp3) is 0.241. The van der Waals surface area contributed by atoms with Crippen molar-refractivity contribution in [2.45, 2.75) is 32.3 Å². The minimum atomic E-state index is -4.62. The van der Waals surface area contributed by atoms with Crippen molar-refractivity contribution in [1.29, 1.82) is 0 Å². The molecule has 1 unspecified atom stereocenters. The molecule has 0 aliphatic heterocycles. The van der Waals surface area contributed by atoms with Gasteiger partial charge in [-0.1, -0.05) is 31.2 Å². The molecular formula is C29H23F6N5O. The van der Waals surface area contributed by atoms with Crippen LogP contribution in [0.3, 0.4) is 0 Å². The average Bonchev–Trinajstić information content (AvgIpc) is 2.92. The summed E-state index contributed by atoms with van der Waals surface area (Å²) in [6, 6.07) is 8.65. The van der Waals surface area contributed by atoms with Crippen LogP contribution in [-0.2, 0) is 23.7 Å². The standard InChI is InChI=1S/C29H23F6N5O/c1-17-4-2-5-18(12-17)15-41-16-25-39-23-13-19(26-22(28(30,31)32)6-3-11-36-26)7-9-21(23)27(40-25)38-20-8-10-24(37-14-20)29(33,34)35/h2-3,5-14,17H,4,15-16H2,1H3,(H,38,39,40). The third-order valence-corrected chi connectivity index (χ3v) is 6.28. The zero-order chi connectivity index (χ0) is 29.2. The molecule has 5 rings (SSSR count). The smallest absolute Gasteiger partial charge is 0.369 e. The van der Waals surface area contributed by atoms with Gasteiger partial charge in [-0.05, 0) is 54.3 Å². The fourth-order valence-electron chi connectivity index (χ4n) is 4.40. The topological polar surface area (TPSA) is 72.8 Å². The number of anilines is 2. The van der Waals surface area contributed by atoms with Crippen LogP contribution in [-0.4, -0.2) is 26.5 Å². The van der Waals surface area contributed by atoms with Crippen LogP contribution in [0.2, 0.25) is 0 Å². The summed E-state index contributed by atoms with van der Waals surface area (Å²) in [6.45, 7) is 2.38. The number of rotatable bonds is 7. The third kappa shape index (κ3) is 6.71. The summed E-state index contributed by atoms with van der Waals surface area (Å²) in [5, 5.41) is 3.38. The number of ether oxygens (including phenoxy) is 1. The SMILES string of the molecule is CC1C=C(COCc2nc(Nc3ccc(C(F)(F)F)nc3)c3ccc(-c4ncccc4C(F)(F)F)cc3n2)C=CC1. The van der Waals surface area contributed by atoms with Gasteiger partial charge < -0.3 is 10.1 Å². The summed E-state index contributed by atoms with van der Waals surface area (Å²) in [4.78, 5) is 16.4. The Kier molecular flexibility index (Phi) is 7.76. The number of fused-ring (bicyclic) bond motifs is 1. The largest absolute Gasteiger partial charge is 0.433 e. The molecule has 1 aliphatic carbocycles. The molecule has 0 spiro atoms. The zero-order valence-electron chi connectivity index (χ0n) is 21.6. The van der Waals surface area contributed by atoms with E-state index < -0.39 is 23.6 Å². The van der Waals surface area contributed by atoms with Crippen molar-refractivity contribution in [3.05, 3.63) is 95.7 Å². The van der Waals surface area contributed by atoms with Crippen molar-refractivity contribution < 1.29 is 31.1 Å². The molecule has 6 nitrogen and oxygen atoms in total. The lowest BCUT2D eigenvalue weighted by Gasteiger charge is -2.15. The lowest BCUT2D eigenvalue weighted by atomic mass is 9.98. The summed E-state index contributed by atoms with van der Waals surface area (Å²) in [5.74, 6) is 0.835. The molecule has 212 valence electrons. The van der Waals surface area contributed by atoms with E-state index in [2.05, 4.69) is 44.3 Å². The van der Waals surface area contributed by atoms with Crippen molar-refractivity contribution in [2.24, 2.45) is 5.92 Å². The van der Waals surface area contributed by atoms with Gasteiger partial charge in [0.15, 0.2) is 5.82 Å². The Hall–Kier alpha value is -4.32. The first-order valence-electron chi connectivity index (χ1n) is 12.6. The summed E-state index contributed by atoms with van der Waals surface area (Å²) in [7, 11) is 0. The average molecular weight is 572 g/mol. The van der Waals surface area contributed by atoms with Crippen LogP contribution in [0.15, 0.2) is 78.7 Å². The van der Waals surface area contributed by atoms with Crippen LogP contribution in [0.4, 0.5) is 37.8 Å². The lowest BCUT2D eigenvalue weighted by molar-refractivity contribution is -0.141. The molecule has 1 atom stereocenters. The van der Waals surface area contributed by atoms with Crippen LogP contribution in [0.25, 0.3) is 22.2 Å². The molecule has 1 aromatic carbocycles. The quantitative estimate of drug-likeness (QED) is 0.227. The molecule has 4 aromatic rings. The number of alkyl halides is 6. The van der Waals surface area contributed by atoms with E-state index in [0.29, 0.717) is 23.4 Å². The van der Waals surface area contributed by atoms with Crippen molar-refractivity contribution in [3.63, 3.8) is 0 Å². The highest BCUT2D eigenvalue weighted by molar-refractivity contribution is 5.93. The molecule has 0 bridgehead atoms. The fourth-order valence-corrected chi connectivity index (χ4v) is 4.40. The lowest BCUT2D eigenvalue weighted by Crippen LogP contribution is -2.09. The van der Waals surface area contributed by atoms with Crippen LogP contribution in [0.1, 0.15) is 30.4 Å². The minimum Gasteiger partial charge on any atom is -0.369 e. The molecule has 12 heteroatoms. The summed E-state index contributed by atoms with van der Waals surface area (Å²) < 4.78 is 85.7. The summed E-state index contributed by atoms with van der Waals surface area (Å²) >= 11 is 0. The van der Waals surface area contributed by atoms with Crippen LogP contribution >= 0.6 is 0 Å². The highest BCUT2D eigenvalue weighted by Crippen LogP contribution is 2.37. The second-order valence-electron chi connectivity index (χ2n) is 9.52. The van der Waals surface area contributed by atoms with Crippen LogP contribution in [0.5, 0.6) is 0 Å². The van der Waals surface area contributed by atoms with Crippen molar-refractivity contribution >= 4 is 22.4 Å². The van der Waals surface area contributed by atoms with Gasteiger partial charge in [0.2, 0.25) is 0 Å². The van der Waals surface area contributed by atoms with E-state index in [1.807, 2.05) is 6.08 Å². The van der Waals surface area contributed by atoms with Gasteiger partial charge in [0, 0.05) is 17.1 Å². The van der Waals surface area contributed by atoms with E-state index >= 15 is 0 Å². The summed E-state index contributed by atoms with van der Waals surface area (Å²) in [5.41, 5.74) is -0.503. The molecule has 0 amide bonds. The van der Waals surface area contributed by atoms with Crippen molar-refractivity contribution in [2.75, 3.05) is 11.9 Å². The highest BCUT2D eigenvalue weighted by atomic mass is 19.4. The molecule has 0 fully saturated rings. The number of hydrogen-bond acceptors (Lipinski definition) is 6. The van der Waals surface area contributed by atoms with Gasteiger partial charge in [0.25, 0.3) is 0 Å².